The molecule has 0 fully saturated rings. The number of rotatable bonds is 23. The second-order valence-electron chi connectivity index (χ2n) is 10.5. The van der Waals surface area contributed by atoms with E-state index < -0.39 is 23.5 Å². The third-order valence-corrected chi connectivity index (χ3v) is 6.80. The van der Waals surface area contributed by atoms with Gasteiger partial charge in [-0.05, 0) is 49.9 Å². The maximum absolute atomic E-state index is 12.7. The highest BCUT2D eigenvalue weighted by Gasteiger charge is 2.21. The number of Topliss-reactive ketones (excluding diaryl/α,β-unsaturated/α-hetero) is 1. The van der Waals surface area contributed by atoms with Crippen LogP contribution in [0.3, 0.4) is 0 Å². The molecule has 46 heavy (non-hydrogen) atoms. The van der Waals surface area contributed by atoms with Crippen LogP contribution in [0.5, 0.6) is 0 Å². The summed E-state index contributed by atoms with van der Waals surface area (Å²) in [5, 5.41) is 15.2. The van der Waals surface area contributed by atoms with E-state index in [1.165, 1.54) is 6.20 Å². The molecule has 1 amide bonds. The van der Waals surface area contributed by atoms with E-state index >= 15 is 0 Å². The Hall–Kier alpha value is -4.47. The van der Waals surface area contributed by atoms with Crippen molar-refractivity contribution in [3.05, 3.63) is 52.1 Å². The van der Waals surface area contributed by atoms with Gasteiger partial charge < -0.3 is 35.7 Å². The average molecular weight is 642 g/mol. The molecule has 0 spiro atoms. The number of ketones is 1. The van der Waals surface area contributed by atoms with Crippen LogP contribution in [-0.2, 0) is 30.3 Å². The molecule has 15 nitrogen and oxygen atoms in total. The fourth-order valence-electron chi connectivity index (χ4n) is 4.23. The van der Waals surface area contributed by atoms with Gasteiger partial charge in [0.2, 0.25) is 5.95 Å². The third-order valence-electron chi connectivity index (χ3n) is 6.80. The van der Waals surface area contributed by atoms with Gasteiger partial charge in [0, 0.05) is 37.3 Å². The van der Waals surface area contributed by atoms with Crippen LogP contribution in [0, 0.1) is 0 Å². The lowest BCUT2D eigenvalue weighted by Crippen LogP contribution is -2.41. The Morgan fingerprint density at radius 3 is 2.28 bits per heavy atom. The third kappa shape index (κ3) is 12.9. The summed E-state index contributed by atoms with van der Waals surface area (Å²) in [5.41, 5.74) is 6.64. The number of carbonyl (C=O) groups is 3. The molecule has 1 atom stereocenters. The molecule has 0 aliphatic heterocycles. The van der Waals surface area contributed by atoms with Gasteiger partial charge in [-0.3, -0.25) is 19.4 Å². The van der Waals surface area contributed by atoms with Crippen LogP contribution in [0.1, 0.15) is 67.9 Å². The van der Waals surface area contributed by atoms with Gasteiger partial charge in [-0.25, -0.2) is 14.8 Å². The minimum absolute atomic E-state index is 0.00666. The molecule has 0 bridgehead atoms. The molecule has 250 valence electrons. The quantitative estimate of drug-likeness (QED) is 0.0940. The van der Waals surface area contributed by atoms with Crippen molar-refractivity contribution < 1.29 is 33.7 Å². The van der Waals surface area contributed by atoms with Gasteiger partial charge in [-0.15, -0.1) is 0 Å². The highest BCUT2D eigenvalue weighted by atomic mass is 16.5. The number of H-pyrrole nitrogens is 1. The van der Waals surface area contributed by atoms with Gasteiger partial charge in [-0.1, -0.05) is 13.3 Å². The molecule has 0 radical (unpaired) electrons. The summed E-state index contributed by atoms with van der Waals surface area (Å²) < 4.78 is 16.4. The summed E-state index contributed by atoms with van der Waals surface area (Å²) in [6, 6.07) is 5.19. The Bertz CT molecular complexity index is 1470. The van der Waals surface area contributed by atoms with E-state index in [4.69, 9.17) is 19.9 Å². The van der Waals surface area contributed by atoms with Crippen molar-refractivity contribution in [3.8, 4) is 0 Å². The van der Waals surface area contributed by atoms with Gasteiger partial charge >= 0.3 is 5.97 Å². The first kappa shape index (κ1) is 36.0. The smallest absolute Gasteiger partial charge is 0.326 e. The van der Waals surface area contributed by atoms with E-state index in [9.17, 15) is 24.3 Å². The minimum atomic E-state index is -1.21. The summed E-state index contributed by atoms with van der Waals surface area (Å²) >= 11 is 0. The van der Waals surface area contributed by atoms with Crippen LogP contribution >= 0.6 is 0 Å². The number of aromatic amines is 1. The number of aliphatic carboxylic acids is 1. The summed E-state index contributed by atoms with van der Waals surface area (Å²) in [6.45, 7) is 5.69. The van der Waals surface area contributed by atoms with E-state index in [0.717, 1.165) is 19.4 Å². The van der Waals surface area contributed by atoms with E-state index in [2.05, 4.69) is 37.5 Å². The van der Waals surface area contributed by atoms with Crippen molar-refractivity contribution in [2.45, 2.75) is 64.5 Å². The summed E-state index contributed by atoms with van der Waals surface area (Å²) in [4.78, 5) is 63.5. The molecule has 15 heteroatoms. The first-order valence-electron chi connectivity index (χ1n) is 15.4. The molecule has 0 aliphatic rings. The lowest BCUT2D eigenvalue weighted by atomic mass is 10.0. The Kier molecular flexibility index (Phi) is 15.5. The van der Waals surface area contributed by atoms with Gasteiger partial charge in [0.05, 0.1) is 44.9 Å². The van der Waals surface area contributed by atoms with Crippen molar-refractivity contribution in [3.63, 3.8) is 0 Å². The maximum Gasteiger partial charge on any atom is 0.326 e. The second-order valence-corrected chi connectivity index (χ2v) is 10.5. The minimum Gasteiger partial charge on any atom is -0.480 e. The number of amides is 1. The van der Waals surface area contributed by atoms with E-state index in [1.807, 2.05) is 0 Å². The number of fused-ring (bicyclic) bond motifs is 1. The van der Waals surface area contributed by atoms with Crippen molar-refractivity contribution in [1.29, 1.82) is 0 Å². The molecular formula is C31H43N7O8. The SMILES string of the molecule is CCCCOCCOCCOCCCCC(=O)CC[C@H](NC(=O)c1ccc(NCc2cnc3nc(N)[nH]c(=O)c3n2)cc1)C(=O)O. The zero-order valence-corrected chi connectivity index (χ0v) is 26.1. The lowest BCUT2D eigenvalue weighted by molar-refractivity contribution is -0.139. The van der Waals surface area contributed by atoms with Gasteiger partial charge in [0.1, 0.15) is 11.8 Å². The number of nitrogens with zero attached hydrogens (tertiary/aromatic N) is 3. The molecule has 1 aromatic carbocycles. The number of carbonyl (C=O) groups excluding carboxylic acids is 2. The number of ether oxygens (including phenoxy) is 3. The highest BCUT2D eigenvalue weighted by molar-refractivity contribution is 5.97. The van der Waals surface area contributed by atoms with E-state index in [-0.39, 0.29) is 47.8 Å². The number of nitrogens with one attached hydrogen (secondary N) is 3. The molecule has 0 unspecified atom stereocenters. The number of hydrogen-bond donors (Lipinski definition) is 5. The molecule has 0 aliphatic carbocycles. The topological polar surface area (TPSA) is 221 Å². The van der Waals surface area contributed by atoms with Gasteiger partial charge in [0.25, 0.3) is 11.5 Å². The predicted molar refractivity (Wildman–Crippen MR) is 170 cm³/mol. The van der Waals surface area contributed by atoms with Crippen LogP contribution in [-0.4, -0.2) is 88.4 Å². The molecule has 0 saturated carbocycles. The molecule has 2 heterocycles. The number of nitrogen functional groups attached to an aromatic ring is 1. The fourth-order valence-corrected chi connectivity index (χ4v) is 4.23. The second kappa shape index (κ2) is 19.8. The Morgan fingerprint density at radius 1 is 0.935 bits per heavy atom. The summed E-state index contributed by atoms with van der Waals surface area (Å²) in [7, 11) is 0. The first-order chi connectivity index (χ1) is 22.3. The number of carboxylic acid groups (broad SMARTS) is 1. The van der Waals surface area contributed by atoms with E-state index in [0.29, 0.717) is 63.7 Å². The standard InChI is InChI=1S/C31H43N7O8/c1-2-3-13-44-15-17-46-18-16-45-14-5-4-6-24(39)11-12-25(30(42)43)36-28(40)21-7-9-22(10-8-21)33-19-23-20-34-27-26(35-23)29(41)38-31(32)37-27/h7-10,20,25,33H,2-6,11-19H2,1H3,(H,36,40)(H,42,43)(H3,32,34,37,38,41)/t25-/m0/s1. The molecule has 2 aromatic heterocycles. The number of hydrogen-bond acceptors (Lipinski definition) is 12. The highest BCUT2D eigenvalue weighted by Crippen LogP contribution is 2.13. The van der Waals surface area contributed by atoms with Crippen LogP contribution in [0.15, 0.2) is 35.3 Å². The lowest BCUT2D eigenvalue weighted by Gasteiger charge is -2.14. The number of nitrogens with two attached hydrogens (primary N) is 1. The zero-order valence-electron chi connectivity index (χ0n) is 26.1. The maximum atomic E-state index is 12.7. The van der Waals surface area contributed by atoms with Crippen molar-refractivity contribution in [2.24, 2.45) is 0 Å². The molecule has 3 rings (SSSR count). The average Bonchev–Trinajstić information content (AvgIpc) is 3.04. The number of anilines is 2. The Balaban J connectivity index is 1.31. The Morgan fingerprint density at radius 2 is 1.61 bits per heavy atom. The van der Waals surface area contributed by atoms with Gasteiger partial charge in [0.15, 0.2) is 11.2 Å². The molecular weight excluding hydrogens is 598 g/mol. The van der Waals surface area contributed by atoms with Crippen molar-refractivity contribution in [2.75, 3.05) is 50.7 Å². The normalized spacial score (nSPS) is 11.8. The van der Waals surface area contributed by atoms with Crippen LogP contribution in [0.4, 0.5) is 11.6 Å². The largest absolute Gasteiger partial charge is 0.480 e. The molecule has 0 saturated heterocycles. The molecule has 6 N–H and O–H groups in total. The van der Waals surface area contributed by atoms with Crippen LogP contribution in [0.2, 0.25) is 0 Å². The van der Waals surface area contributed by atoms with Crippen LogP contribution in [0.25, 0.3) is 11.2 Å². The van der Waals surface area contributed by atoms with E-state index in [1.54, 1.807) is 24.3 Å². The predicted octanol–water partition coefficient (Wildman–Crippen LogP) is 2.46. The number of benzene rings is 1. The number of aromatic nitrogens is 4. The first-order valence-corrected chi connectivity index (χ1v) is 15.4. The Labute approximate surface area is 266 Å². The van der Waals surface area contributed by atoms with Crippen LogP contribution < -0.4 is 21.9 Å². The molecule has 3 aromatic rings. The van der Waals surface area contributed by atoms with Gasteiger partial charge in [-0.2, -0.15) is 4.98 Å². The number of unbranched alkanes of at least 4 members (excludes halogenated alkanes) is 2. The summed E-state index contributed by atoms with van der Waals surface area (Å²) in [6.07, 6.45) is 5.32. The summed E-state index contributed by atoms with van der Waals surface area (Å²) in [5.74, 6) is -1.89. The van der Waals surface area contributed by atoms with Crippen molar-refractivity contribution in [1.82, 2.24) is 25.3 Å². The van der Waals surface area contributed by atoms with Crippen molar-refractivity contribution >= 4 is 40.5 Å². The monoisotopic (exact) mass is 641 g/mol. The fraction of sp³-hybridized carbons (Fsp3) is 0.516. The number of carboxylic acids is 1. The zero-order chi connectivity index (χ0) is 33.1.